The van der Waals surface area contributed by atoms with E-state index in [9.17, 15) is 8.78 Å². The van der Waals surface area contributed by atoms with Crippen LogP contribution >= 0.6 is 0 Å². The third kappa shape index (κ3) is 2.78. The second-order valence-electron chi connectivity index (χ2n) is 5.99. The van der Waals surface area contributed by atoms with Crippen LogP contribution in [-0.4, -0.2) is 29.7 Å². The van der Waals surface area contributed by atoms with Gasteiger partial charge in [0.05, 0.1) is 11.2 Å². The molecule has 1 aliphatic rings. The van der Waals surface area contributed by atoms with E-state index >= 15 is 0 Å². The van der Waals surface area contributed by atoms with Crippen LogP contribution in [-0.2, 0) is 15.7 Å². The maximum Gasteiger partial charge on any atom is 0.495 e. The second kappa shape index (κ2) is 4.97. The molecule has 7 heteroatoms. The topological polar surface area (TPSA) is 57.4 Å². The first-order valence-corrected chi connectivity index (χ1v) is 6.50. The highest BCUT2D eigenvalue weighted by Gasteiger charge is 2.52. The Labute approximate surface area is 117 Å². The summed E-state index contributed by atoms with van der Waals surface area (Å²) < 4.78 is 37.1. The van der Waals surface area contributed by atoms with Gasteiger partial charge in [-0.15, -0.1) is 0 Å². The number of aromatic nitrogens is 1. The number of pyridine rings is 1. The maximum absolute atomic E-state index is 12.7. The molecule has 0 saturated carbocycles. The van der Waals surface area contributed by atoms with Gasteiger partial charge in [-0.2, -0.15) is 0 Å². The first kappa shape index (κ1) is 15.2. The second-order valence-corrected chi connectivity index (χ2v) is 5.99. The molecule has 0 bridgehead atoms. The van der Waals surface area contributed by atoms with Crippen molar-refractivity contribution < 1.29 is 18.1 Å². The normalized spacial score (nSPS) is 20.6. The van der Waals surface area contributed by atoms with Crippen LogP contribution in [0.4, 0.5) is 14.6 Å². The maximum atomic E-state index is 12.7. The fourth-order valence-electron chi connectivity index (χ4n) is 2.04. The molecule has 2 heterocycles. The molecule has 0 aliphatic carbocycles. The summed E-state index contributed by atoms with van der Waals surface area (Å²) in [6, 6.07) is 1.54. The largest absolute Gasteiger partial charge is 0.495 e. The number of nitrogens with two attached hydrogens (primary N) is 1. The zero-order valence-electron chi connectivity index (χ0n) is 12.1. The van der Waals surface area contributed by atoms with Crippen molar-refractivity contribution in [3.63, 3.8) is 0 Å². The first-order chi connectivity index (χ1) is 9.12. The van der Waals surface area contributed by atoms with E-state index in [0.717, 1.165) is 0 Å². The third-order valence-electron chi connectivity index (χ3n) is 3.93. The summed E-state index contributed by atoms with van der Waals surface area (Å²) in [6.45, 7) is 7.63. The Morgan fingerprint density at radius 2 is 1.80 bits per heavy atom. The molecule has 1 saturated heterocycles. The highest BCUT2D eigenvalue weighted by molar-refractivity contribution is 6.62. The van der Waals surface area contributed by atoms with Crippen LogP contribution in [0, 0.1) is 0 Å². The van der Waals surface area contributed by atoms with E-state index in [1.54, 1.807) is 6.07 Å². The van der Waals surface area contributed by atoms with E-state index < -0.39 is 31.2 Å². The molecule has 20 heavy (non-hydrogen) atoms. The predicted molar refractivity (Wildman–Crippen MR) is 74.1 cm³/mol. The van der Waals surface area contributed by atoms with Crippen molar-refractivity contribution in [2.24, 2.45) is 0 Å². The van der Waals surface area contributed by atoms with Gasteiger partial charge in [0.2, 0.25) is 6.43 Å². The van der Waals surface area contributed by atoms with Crippen molar-refractivity contribution in [2.75, 3.05) is 5.73 Å². The van der Waals surface area contributed by atoms with Crippen LogP contribution in [0.15, 0.2) is 12.3 Å². The van der Waals surface area contributed by atoms with Gasteiger partial charge in [0.15, 0.2) is 0 Å². The Kier molecular flexibility index (Phi) is 3.77. The highest BCUT2D eigenvalue weighted by Crippen LogP contribution is 2.36. The summed E-state index contributed by atoms with van der Waals surface area (Å²) in [5.41, 5.74) is 5.51. The van der Waals surface area contributed by atoms with Crippen LogP contribution in [0.25, 0.3) is 0 Å². The smallest absolute Gasteiger partial charge is 0.399 e. The molecule has 0 amide bonds. The Hall–Kier alpha value is -1.21. The van der Waals surface area contributed by atoms with Crippen molar-refractivity contribution in [3.8, 4) is 0 Å². The van der Waals surface area contributed by atoms with E-state index in [1.807, 2.05) is 27.7 Å². The van der Waals surface area contributed by atoms with E-state index in [2.05, 4.69) is 4.98 Å². The Morgan fingerprint density at radius 1 is 1.25 bits per heavy atom. The van der Waals surface area contributed by atoms with Crippen molar-refractivity contribution in [3.05, 3.63) is 17.8 Å². The first-order valence-electron chi connectivity index (χ1n) is 6.50. The van der Waals surface area contributed by atoms with Crippen molar-refractivity contribution in [1.82, 2.24) is 4.98 Å². The Morgan fingerprint density at radius 3 is 2.30 bits per heavy atom. The van der Waals surface area contributed by atoms with Crippen LogP contribution in [0.1, 0.15) is 33.3 Å². The average molecular weight is 284 g/mol. The lowest BCUT2D eigenvalue weighted by Gasteiger charge is -2.32. The van der Waals surface area contributed by atoms with Crippen LogP contribution in [0.3, 0.4) is 0 Å². The molecule has 110 valence electrons. The molecule has 2 rings (SSSR count). The number of alkyl halides is 2. The summed E-state index contributed by atoms with van der Waals surface area (Å²) in [5.74, 6) is 0.257. The van der Waals surface area contributed by atoms with Gasteiger partial charge in [0.1, 0.15) is 5.82 Å². The van der Waals surface area contributed by atoms with E-state index in [1.165, 1.54) is 6.20 Å². The molecule has 4 nitrogen and oxygen atoms in total. The van der Waals surface area contributed by atoms with Gasteiger partial charge in [-0.25, -0.2) is 13.8 Å². The van der Waals surface area contributed by atoms with Gasteiger partial charge in [0, 0.05) is 12.6 Å². The fraction of sp³-hybridized carbons (Fsp3) is 0.615. The summed E-state index contributed by atoms with van der Waals surface area (Å²) in [5, 5.41) is 0. The van der Waals surface area contributed by atoms with E-state index in [4.69, 9.17) is 15.0 Å². The predicted octanol–water partition coefficient (Wildman–Crippen LogP) is 1.77. The number of hydrogen-bond acceptors (Lipinski definition) is 4. The SMILES string of the molecule is CC1(C)OB(c2cc(N)ncc2CC(F)F)OC1(C)C. The molecule has 0 spiro atoms. The molecule has 1 aromatic rings. The fourth-order valence-corrected chi connectivity index (χ4v) is 2.04. The number of hydrogen-bond donors (Lipinski definition) is 1. The monoisotopic (exact) mass is 284 g/mol. The molecule has 0 unspecified atom stereocenters. The molecule has 1 fully saturated rings. The zero-order chi connectivity index (χ0) is 15.1. The number of nitrogens with zero attached hydrogens (tertiary/aromatic N) is 1. The molecule has 0 radical (unpaired) electrons. The van der Waals surface area contributed by atoms with Gasteiger partial charge >= 0.3 is 7.12 Å². The lowest BCUT2D eigenvalue weighted by Crippen LogP contribution is -2.41. The van der Waals surface area contributed by atoms with Gasteiger partial charge in [-0.1, -0.05) is 0 Å². The molecule has 0 aromatic carbocycles. The number of halogens is 2. The van der Waals surface area contributed by atoms with Crippen LogP contribution in [0.2, 0.25) is 0 Å². The highest BCUT2D eigenvalue weighted by atomic mass is 19.3. The molecule has 2 N–H and O–H groups in total. The Balaban J connectivity index is 2.36. The van der Waals surface area contributed by atoms with Crippen LogP contribution in [0.5, 0.6) is 0 Å². The number of anilines is 1. The van der Waals surface area contributed by atoms with Crippen LogP contribution < -0.4 is 11.2 Å². The average Bonchev–Trinajstić information content (AvgIpc) is 2.50. The molecule has 1 aliphatic heterocycles. The minimum absolute atomic E-state index is 0.257. The van der Waals surface area contributed by atoms with E-state index in [0.29, 0.717) is 11.0 Å². The van der Waals surface area contributed by atoms with Gasteiger partial charge in [-0.05, 0) is 44.8 Å². The van der Waals surface area contributed by atoms with Crippen molar-refractivity contribution >= 4 is 18.4 Å². The summed E-state index contributed by atoms with van der Waals surface area (Å²) >= 11 is 0. The minimum atomic E-state index is -2.46. The molecular weight excluding hydrogens is 265 g/mol. The van der Waals surface area contributed by atoms with E-state index in [-0.39, 0.29) is 5.82 Å². The lowest BCUT2D eigenvalue weighted by atomic mass is 9.76. The summed E-state index contributed by atoms with van der Waals surface area (Å²) in [7, 11) is -0.709. The third-order valence-corrected chi connectivity index (χ3v) is 3.93. The van der Waals surface area contributed by atoms with Gasteiger partial charge in [-0.3, -0.25) is 0 Å². The molecule has 0 atom stereocenters. The van der Waals surface area contributed by atoms with Crippen molar-refractivity contribution in [2.45, 2.75) is 51.7 Å². The molecule has 1 aromatic heterocycles. The Bertz CT molecular complexity index is 493. The van der Waals surface area contributed by atoms with Gasteiger partial charge in [0.25, 0.3) is 0 Å². The zero-order valence-corrected chi connectivity index (χ0v) is 12.1. The van der Waals surface area contributed by atoms with Gasteiger partial charge < -0.3 is 15.0 Å². The lowest BCUT2D eigenvalue weighted by molar-refractivity contribution is 0.00578. The van der Waals surface area contributed by atoms with Crippen molar-refractivity contribution in [1.29, 1.82) is 0 Å². The minimum Gasteiger partial charge on any atom is -0.399 e. The number of rotatable bonds is 3. The summed E-state index contributed by atoms with van der Waals surface area (Å²) in [6.07, 6.45) is -1.49. The number of nitrogen functional groups attached to an aromatic ring is 1. The standard InChI is InChI=1S/C13H19BF2N2O2/c1-12(2)13(3,4)20-14(19-12)9-6-11(17)18-7-8(9)5-10(15)16/h6-7,10H,5H2,1-4H3,(H2,17,18). The quantitative estimate of drug-likeness (QED) is 0.859. The molecular formula is C13H19BF2N2O2. The summed E-state index contributed by atoms with van der Waals surface area (Å²) in [4.78, 5) is 3.87.